The van der Waals surface area contributed by atoms with Crippen molar-refractivity contribution in [3.63, 3.8) is 0 Å². The number of amides is 2. The van der Waals surface area contributed by atoms with Crippen LogP contribution in [-0.4, -0.2) is 37.0 Å². The minimum atomic E-state index is -0.315. The first-order valence-electron chi connectivity index (χ1n) is 12.4. The number of rotatable bonds is 11. The summed E-state index contributed by atoms with van der Waals surface area (Å²) >= 11 is 0. The van der Waals surface area contributed by atoms with Crippen LogP contribution >= 0.6 is 0 Å². The van der Waals surface area contributed by atoms with Crippen molar-refractivity contribution < 1.29 is 19.1 Å². The fourth-order valence-electron chi connectivity index (χ4n) is 4.61. The Morgan fingerprint density at radius 1 is 0.941 bits per heavy atom. The highest BCUT2D eigenvalue weighted by Crippen LogP contribution is 2.25. The molecular formula is C28H36N2O4. The highest BCUT2D eigenvalue weighted by molar-refractivity contribution is 5.86. The Bertz CT molecular complexity index is 917. The Morgan fingerprint density at radius 2 is 1.59 bits per heavy atom. The van der Waals surface area contributed by atoms with Crippen molar-refractivity contribution in [1.82, 2.24) is 10.6 Å². The SMILES string of the molecule is CCOC(=O)[C@@H]1CCCC[C@H]1NC(=O)CNC(=O)C(CCc1ccccc1)Cc1ccccc1. The van der Waals surface area contributed by atoms with Gasteiger partial charge in [-0.3, -0.25) is 14.4 Å². The lowest BCUT2D eigenvalue weighted by Gasteiger charge is -2.30. The van der Waals surface area contributed by atoms with Crippen LogP contribution in [0.15, 0.2) is 60.7 Å². The molecule has 2 amide bonds. The Morgan fingerprint density at radius 3 is 2.26 bits per heavy atom. The highest BCUT2D eigenvalue weighted by Gasteiger charge is 2.33. The van der Waals surface area contributed by atoms with E-state index in [1.807, 2.05) is 48.5 Å². The van der Waals surface area contributed by atoms with Gasteiger partial charge in [-0.2, -0.15) is 0 Å². The summed E-state index contributed by atoms with van der Waals surface area (Å²) in [4.78, 5) is 37.9. The molecule has 0 aromatic heterocycles. The number of benzene rings is 2. The van der Waals surface area contributed by atoms with Gasteiger partial charge in [-0.25, -0.2) is 0 Å². The van der Waals surface area contributed by atoms with E-state index in [-0.39, 0.29) is 42.2 Å². The maximum atomic E-state index is 13.1. The van der Waals surface area contributed by atoms with Crippen molar-refractivity contribution in [2.24, 2.45) is 11.8 Å². The number of hydrogen-bond acceptors (Lipinski definition) is 4. The van der Waals surface area contributed by atoms with Crippen molar-refractivity contribution in [3.8, 4) is 0 Å². The normalized spacial score (nSPS) is 18.5. The van der Waals surface area contributed by atoms with Gasteiger partial charge in [0.25, 0.3) is 0 Å². The van der Waals surface area contributed by atoms with Crippen LogP contribution in [0.25, 0.3) is 0 Å². The molecule has 1 fully saturated rings. The zero-order valence-electron chi connectivity index (χ0n) is 20.0. The second kappa shape index (κ2) is 13.5. The number of aryl methyl sites for hydroxylation is 1. The van der Waals surface area contributed by atoms with E-state index in [1.54, 1.807) is 6.92 Å². The summed E-state index contributed by atoms with van der Waals surface area (Å²) in [5.74, 6) is -1.20. The number of nitrogens with one attached hydrogen (secondary N) is 2. The Balaban J connectivity index is 1.55. The molecule has 3 atom stereocenters. The van der Waals surface area contributed by atoms with Crippen LogP contribution in [0.2, 0.25) is 0 Å². The molecule has 1 saturated carbocycles. The molecule has 6 nitrogen and oxygen atoms in total. The molecule has 0 saturated heterocycles. The summed E-state index contributed by atoms with van der Waals surface area (Å²) in [7, 11) is 0. The molecule has 0 spiro atoms. The van der Waals surface area contributed by atoms with Crippen molar-refractivity contribution in [2.45, 2.75) is 57.9 Å². The lowest BCUT2D eigenvalue weighted by atomic mass is 9.84. The fourth-order valence-corrected chi connectivity index (χ4v) is 4.61. The Kier molecular flexibility index (Phi) is 10.1. The minimum Gasteiger partial charge on any atom is -0.466 e. The van der Waals surface area contributed by atoms with E-state index in [2.05, 4.69) is 22.8 Å². The molecule has 3 rings (SSSR count). The molecule has 182 valence electrons. The van der Waals surface area contributed by atoms with E-state index in [0.717, 1.165) is 37.7 Å². The van der Waals surface area contributed by atoms with Crippen LogP contribution in [0.3, 0.4) is 0 Å². The molecule has 1 aliphatic rings. The third-order valence-electron chi connectivity index (χ3n) is 6.44. The van der Waals surface area contributed by atoms with E-state index in [1.165, 1.54) is 5.56 Å². The first kappa shape index (κ1) is 25.5. The summed E-state index contributed by atoms with van der Waals surface area (Å²) < 4.78 is 5.18. The Labute approximate surface area is 202 Å². The molecule has 34 heavy (non-hydrogen) atoms. The molecule has 1 aliphatic carbocycles. The van der Waals surface area contributed by atoms with Crippen LogP contribution < -0.4 is 10.6 Å². The monoisotopic (exact) mass is 464 g/mol. The lowest BCUT2D eigenvalue weighted by molar-refractivity contribution is -0.150. The lowest BCUT2D eigenvalue weighted by Crippen LogP contribution is -2.49. The van der Waals surface area contributed by atoms with Gasteiger partial charge in [0.05, 0.1) is 19.1 Å². The van der Waals surface area contributed by atoms with Crippen LogP contribution in [-0.2, 0) is 32.0 Å². The molecule has 0 heterocycles. The molecule has 0 aliphatic heterocycles. The largest absolute Gasteiger partial charge is 0.466 e. The quantitative estimate of drug-likeness (QED) is 0.495. The van der Waals surface area contributed by atoms with Crippen LogP contribution in [0.5, 0.6) is 0 Å². The predicted molar refractivity (Wildman–Crippen MR) is 132 cm³/mol. The van der Waals surface area contributed by atoms with Gasteiger partial charge in [-0.05, 0) is 50.2 Å². The third-order valence-corrected chi connectivity index (χ3v) is 6.44. The molecular weight excluding hydrogens is 428 g/mol. The number of carbonyl (C=O) groups is 3. The number of ether oxygens (including phenoxy) is 1. The molecule has 0 radical (unpaired) electrons. The van der Waals surface area contributed by atoms with Gasteiger partial charge in [0.15, 0.2) is 0 Å². The van der Waals surface area contributed by atoms with Crippen molar-refractivity contribution >= 4 is 17.8 Å². The van der Waals surface area contributed by atoms with Gasteiger partial charge in [-0.15, -0.1) is 0 Å². The van der Waals surface area contributed by atoms with Crippen molar-refractivity contribution in [2.75, 3.05) is 13.2 Å². The summed E-state index contributed by atoms with van der Waals surface area (Å²) in [6.07, 6.45) is 5.49. The zero-order valence-corrected chi connectivity index (χ0v) is 20.0. The smallest absolute Gasteiger partial charge is 0.311 e. The molecule has 2 aromatic rings. The summed E-state index contributed by atoms with van der Waals surface area (Å²) in [5.41, 5.74) is 2.29. The van der Waals surface area contributed by atoms with E-state index >= 15 is 0 Å². The molecule has 6 heteroatoms. The van der Waals surface area contributed by atoms with Crippen molar-refractivity contribution in [3.05, 3.63) is 71.8 Å². The second-order valence-electron chi connectivity index (χ2n) is 8.95. The van der Waals surface area contributed by atoms with Crippen molar-refractivity contribution in [1.29, 1.82) is 0 Å². The fraction of sp³-hybridized carbons (Fsp3) is 0.464. The van der Waals surface area contributed by atoms with Gasteiger partial charge >= 0.3 is 5.97 Å². The summed E-state index contributed by atoms with van der Waals surface area (Å²) in [5, 5.41) is 5.79. The summed E-state index contributed by atoms with van der Waals surface area (Å²) in [6, 6.07) is 19.8. The number of esters is 1. The predicted octanol–water partition coefficient (Wildman–Crippen LogP) is 3.83. The first-order chi connectivity index (χ1) is 16.6. The topological polar surface area (TPSA) is 84.5 Å². The van der Waals surface area contributed by atoms with Gasteiger partial charge in [0, 0.05) is 12.0 Å². The van der Waals surface area contributed by atoms with E-state index in [0.29, 0.717) is 19.4 Å². The molecule has 2 N–H and O–H groups in total. The standard InChI is InChI=1S/C28H36N2O4/c1-2-34-28(33)24-15-9-10-16-25(24)30-26(31)20-29-27(32)23(19-22-13-7-4-8-14-22)18-17-21-11-5-3-6-12-21/h3-8,11-14,23-25H,2,9-10,15-20H2,1H3,(H,29,32)(H,30,31)/t23?,24-,25-/m1/s1. The average molecular weight is 465 g/mol. The van der Waals surface area contributed by atoms with E-state index < -0.39 is 0 Å². The average Bonchev–Trinajstić information content (AvgIpc) is 2.87. The molecule has 0 bridgehead atoms. The Hall–Kier alpha value is -3.15. The maximum absolute atomic E-state index is 13.1. The van der Waals surface area contributed by atoms with Crippen LogP contribution in [0, 0.1) is 11.8 Å². The zero-order chi connectivity index (χ0) is 24.2. The minimum absolute atomic E-state index is 0.0957. The van der Waals surface area contributed by atoms with Gasteiger partial charge in [0.2, 0.25) is 11.8 Å². The second-order valence-corrected chi connectivity index (χ2v) is 8.95. The van der Waals surface area contributed by atoms with Crippen LogP contribution in [0.1, 0.15) is 50.2 Å². The van der Waals surface area contributed by atoms with Gasteiger partial charge < -0.3 is 15.4 Å². The molecule has 1 unspecified atom stereocenters. The van der Waals surface area contributed by atoms with E-state index in [9.17, 15) is 14.4 Å². The van der Waals surface area contributed by atoms with Gasteiger partial charge in [0.1, 0.15) is 0 Å². The maximum Gasteiger partial charge on any atom is 0.311 e. The number of hydrogen-bond donors (Lipinski definition) is 2. The van der Waals surface area contributed by atoms with Gasteiger partial charge in [-0.1, -0.05) is 73.5 Å². The summed E-state index contributed by atoms with van der Waals surface area (Å²) in [6.45, 7) is 2.02. The van der Waals surface area contributed by atoms with E-state index in [4.69, 9.17) is 4.74 Å². The van der Waals surface area contributed by atoms with Crippen LogP contribution in [0.4, 0.5) is 0 Å². The highest BCUT2D eigenvalue weighted by atomic mass is 16.5. The first-order valence-corrected chi connectivity index (χ1v) is 12.4. The number of carbonyl (C=O) groups excluding carboxylic acids is 3. The third kappa shape index (κ3) is 8.01. The molecule has 2 aromatic carbocycles.